The minimum Gasteiger partial charge on any atom is -0.496 e. The van der Waals surface area contributed by atoms with Crippen LogP contribution in [0, 0.1) is 0 Å². The highest BCUT2D eigenvalue weighted by atomic mass is 32.1. The van der Waals surface area contributed by atoms with Gasteiger partial charge in [-0.1, -0.05) is 42.5 Å². The number of benzene rings is 2. The Morgan fingerprint density at radius 2 is 1.66 bits per heavy atom. The zero-order valence-electron chi connectivity index (χ0n) is 20.1. The zero-order chi connectivity index (χ0) is 24.6. The molecule has 1 aliphatic heterocycles. The predicted molar refractivity (Wildman–Crippen MR) is 140 cm³/mol. The molecule has 0 saturated carbocycles. The standard InChI is InChI=1S/C27H32N4O3S/c1-20(29-27(33)26(32)28-19-21-9-6-7-12-23(21)34-2)25(24-13-8-18-35-24)31-16-14-30(15-17-31)22-10-4-3-5-11-22/h3-13,18,20,25H,14-17,19H2,1-2H3,(H,28,32)(H,29,33)/t20-,25-/m1/s1. The zero-order valence-corrected chi connectivity index (χ0v) is 21.0. The molecule has 4 rings (SSSR count). The SMILES string of the molecule is COc1ccccc1CNC(=O)C(=O)N[C@H](C)[C@H](c1cccs1)N1CCN(c2ccccc2)CC1. The Bertz CT molecular complexity index is 1100. The molecule has 0 unspecified atom stereocenters. The van der Waals surface area contributed by atoms with Crippen LogP contribution in [0.15, 0.2) is 72.1 Å². The fourth-order valence-corrected chi connectivity index (χ4v) is 5.52. The first-order chi connectivity index (χ1) is 17.1. The first-order valence-electron chi connectivity index (χ1n) is 11.8. The molecule has 35 heavy (non-hydrogen) atoms. The second kappa shape index (κ2) is 11.9. The van der Waals surface area contributed by atoms with Gasteiger partial charge >= 0.3 is 11.8 Å². The molecule has 0 bridgehead atoms. The first kappa shape index (κ1) is 24.8. The molecule has 1 aromatic heterocycles. The van der Waals surface area contributed by atoms with Gasteiger partial charge < -0.3 is 20.3 Å². The summed E-state index contributed by atoms with van der Waals surface area (Å²) in [6.07, 6.45) is 0. The summed E-state index contributed by atoms with van der Waals surface area (Å²) in [6.45, 7) is 5.76. The number of methoxy groups -OCH3 is 1. The molecular weight excluding hydrogens is 460 g/mol. The molecule has 1 fully saturated rings. The highest BCUT2D eigenvalue weighted by Gasteiger charge is 2.32. The van der Waals surface area contributed by atoms with Gasteiger partial charge in [-0.3, -0.25) is 14.5 Å². The van der Waals surface area contributed by atoms with E-state index < -0.39 is 11.8 Å². The van der Waals surface area contributed by atoms with E-state index in [1.54, 1.807) is 18.4 Å². The van der Waals surface area contributed by atoms with E-state index in [9.17, 15) is 9.59 Å². The average molecular weight is 493 g/mol. The third-order valence-electron chi connectivity index (χ3n) is 6.33. The molecule has 2 amide bonds. The molecule has 1 saturated heterocycles. The molecule has 184 valence electrons. The Hall–Kier alpha value is -3.36. The van der Waals surface area contributed by atoms with E-state index in [-0.39, 0.29) is 18.6 Å². The summed E-state index contributed by atoms with van der Waals surface area (Å²) in [5.74, 6) is -0.604. The van der Waals surface area contributed by atoms with Crippen LogP contribution in [0.25, 0.3) is 0 Å². The lowest BCUT2D eigenvalue weighted by molar-refractivity contribution is -0.140. The number of rotatable bonds is 8. The largest absolute Gasteiger partial charge is 0.496 e. The van der Waals surface area contributed by atoms with Crippen molar-refractivity contribution in [3.8, 4) is 5.75 Å². The van der Waals surface area contributed by atoms with Crippen LogP contribution in [0.1, 0.15) is 23.4 Å². The number of thiophene rings is 1. The third kappa shape index (κ3) is 6.21. The summed E-state index contributed by atoms with van der Waals surface area (Å²) in [6, 6.07) is 21.7. The number of ether oxygens (including phenoxy) is 1. The summed E-state index contributed by atoms with van der Waals surface area (Å²) in [5, 5.41) is 7.70. The molecule has 2 atom stereocenters. The Morgan fingerprint density at radius 3 is 2.34 bits per heavy atom. The van der Waals surface area contributed by atoms with Crippen LogP contribution in [-0.4, -0.2) is 56.0 Å². The predicted octanol–water partition coefficient (Wildman–Crippen LogP) is 3.44. The van der Waals surface area contributed by atoms with Crippen molar-refractivity contribution in [3.63, 3.8) is 0 Å². The van der Waals surface area contributed by atoms with E-state index in [0.29, 0.717) is 5.75 Å². The van der Waals surface area contributed by atoms with Gasteiger partial charge in [0.15, 0.2) is 0 Å². The lowest BCUT2D eigenvalue weighted by atomic mass is 10.0. The summed E-state index contributed by atoms with van der Waals surface area (Å²) in [5.41, 5.74) is 2.05. The number of nitrogens with one attached hydrogen (secondary N) is 2. The van der Waals surface area contributed by atoms with Crippen LogP contribution in [0.2, 0.25) is 0 Å². The van der Waals surface area contributed by atoms with E-state index in [4.69, 9.17) is 4.74 Å². The smallest absolute Gasteiger partial charge is 0.309 e. The molecule has 2 aromatic carbocycles. The van der Waals surface area contributed by atoms with E-state index in [2.05, 4.69) is 56.1 Å². The van der Waals surface area contributed by atoms with Crippen molar-refractivity contribution >= 4 is 28.8 Å². The Balaban J connectivity index is 1.37. The quantitative estimate of drug-likeness (QED) is 0.472. The van der Waals surface area contributed by atoms with Crippen molar-refractivity contribution < 1.29 is 14.3 Å². The van der Waals surface area contributed by atoms with Crippen molar-refractivity contribution in [1.29, 1.82) is 0 Å². The molecule has 3 aromatic rings. The minimum atomic E-state index is -0.651. The highest BCUT2D eigenvalue weighted by Crippen LogP contribution is 2.30. The van der Waals surface area contributed by atoms with Gasteiger partial charge in [-0.2, -0.15) is 0 Å². The van der Waals surface area contributed by atoms with Crippen molar-refractivity contribution in [2.75, 3.05) is 38.2 Å². The molecule has 0 spiro atoms. The van der Waals surface area contributed by atoms with Crippen LogP contribution >= 0.6 is 11.3 Å². The van der Waals surface area contributed by atoms with Gasteiger partial charge in [-0.05, 0) is 36.6 Å². The summed E-state index contributed by atoms with van der Waals surface area (Å²) in [7, 11) is 1.58. The van der Waals surface area contributed by atoms with Crippen molar-refractivity contribution in [3.05, 3.63) is 82.6 Å². The van der Waals surface area contributed by atoms with Gasteiger partial charge in [0.25, 0.3) is 0 Å². The van der Waals surface area contributed by atoms with Gasteiger partial charge in [-0.15, -0.1) is 11.3 Å². The maximum atomic E-state index is 12.7. The fraction of sp³-hybridized carbons (Fsp3) is 0.333. The van der Waals surface area contributed by atoms with Crippen LogP contribution in [0.4, 0.5) is 5.69 Å². The van der Waals surface area contributed by atoms with Gasteiger partial charge in [-0.25, -0.2) is 0 Å². The number of carbonyl (C=O) groups is 2. The maximum Gasteiger partial charge on any atom is 0.309 e. The number of carbonyl (C=O) groups excluding carboxylic acids is 2. The van der Waals surface area contributed by atoms with Gasteiger partial charge in [0.05, 0.1) is 13.2 Å². The molecular formula is C27H32N4O3S. The molecule has 8 heteroatoms. The van der Waals surface area contributed by atoms with E-state index in [1.807, 2.05) is 43.3 Å². The number of hydrogen-bond donors (Lipinski definition) is 2. The Kier molecular flexibility index (Phi) is 8.39. The van der Waals surface area contributed by atoms with Crippen molar-refractivity contribution in [1.82, 2.24) is 15.5 Å². The number of nitrogens with zero attached hydrogens (tertiary/aromatic N) is 2. The fourth-order valence-electron chi connectivity index (χ4n) is 4.56. The summed E-state index contributed by atoms with van der Waals surface area (Å²) >= 11 is 1.68. The lowest BCUT2D eigenvalue weighted by Crippen LogP contribution is -2.53. The molecule has 2 N–H and O–H groups in total. The van der Waals surface area contributed by atoms with Crippen LogP contribution in [-0.2, 0) is 16.1 Å². The summed E-state index contributed by atoms with van der Waals surface area (Å²) in [4.78, 5) is 31.3. The molecule has 0 aliphatic carbocycles. The Morgan fingerprint density at radius 1 is 0.943 bits per heavy atom. The van der Waals surface area contributed by atoms with Gasteiger partial charge in [0.2, 0.25) is 0 Å². The molecule has 2 heterocycles. The van der Waals surface area contributed by atoms with Gasteiger partial charge in [0, 0.05) is 54.9 Å². The van der Waals surface area contributed by atoms with Gasteiger partial charge in [0.1, 0.15) is 5.75 Å². The normalized spacial score (nSPS) is 15.8. The van der Waals surface area contributed by atoms with E-state index in [1.165, 1.54) is 10.6 Å². The Labute approximate surface area is 210 Å². The number of anilines is 1. The number of amides is 2. The number of hydrogen-bond acceptors (Lipinski definition) is 6. The molecule has 0 radical (unpaired) electrons. The van der Waals surface area contributed by atoms with Crippen molar-refractivity contribution in [2.45, 2.75) is 25.6 Å². The number of para-hydroxylation sites is 2. The van der Waals surface area contributed by atoms with Crippen molar-refractivity contribution in [2.24, 2.45) is 0 Å². The van der Waals surface area contributed by atoms with E-state index in [0.717, 1.165) is 31.7 Å². The summed E-state index contributed by atoms with van der Waals surface area (Å²) < 4.78 is 5.32. The maximum absolute atomic E-state index is 12.7. The average Bonchev–Trinajstić information content (AvgIpc) is 3.42. The van der Waals surface area contributed by atoms with Crippen LogP contribution in [0.5, 0.6) is 5.75 Å². The minimum absolute atomic E-state index is 0.00103. The second-order valence-electron chi connectivity index (χ2n) is 8.58. The van der Waals surface area contributed by atoms with Crippen LogP contribution in [0.3, 0.4) is 0 Å². The highest BCUT2D eigenvalue weighted by molar-refractivity contribution is 7.10. The third-order valence-corrected chi connectivity index (χ3v) is 7.28. The second-order valence-corrected chi connectivity index (χ2v) is 9.55. The van der Waals surface area contributed by atoms with E-state index >= 15 is 0 Å². The topological polar surface area (TPSA) is 73.9 Å². The molecule has 1 aliphatic rings. The first-order valence-corrected chi connectivity index (χ1v) is 12.7. The molecule has 7 nitrogen and oxygen atoms in total. The number of piperazine rings is 1. The van der Waals surface area contributed by atoms with Crippen LogP contribution < -0.4 is 20.3 Å². The monoisotopic (exact) mass is 492 g/mol. The lowest BCUT2D eigenvalue weighted by Gasteiger charge is -2.42.